The molecule has 0 aliphatic carbocycles. The number of amides is 1. The Balaban J connectivity index is 1.47. The van der Waals surface area contributed by atoms with Crippen LogP contribution in [0.5, 0.6) is 11.5 Å². The normalized spacial score (nSPS) is 12.4. The molecule has 1 N–H and O–H groups in total. The number of pyridine rings is 1. The number of aromatic nitrogens is 2. The first kappa shape index (κ1) is 18.6. The van der Waals surface area contributed by atoms with Crippen molar-refractivity contribution in [2.45, 2.75) is 6.54 Å². The standard InChI is InChI=1S/C18H14N4O6S/c23-16(9-21-8-12(22(25)26)2-4-17(21)24)20-18-19-13(10-29-18)11-1-3-14-15(7-11)28-6-5-27-14/h1-4,7-8,10H,5-6,9H2,(H,19,20,23). The number of fused-ring (bicyclic) bond motifs is 1. The van der Waals surface area contributed by atoms with E-state index in [1.807, 2.05) is 12.1 Å². The summed E-state index contributed by atoms with van der Waals surface area (Å²) in [7, 11) is 0. The molecule has 2 aromatic heterocycles. The SMILES string of the molecule is O=C(Cn1cc([N+](=O)[O-])ccc1=O)Nc1nc(-c2ccc3c(c2)OCCO3)cs1. The van der Waals surface area contributed by atoms with Gasteiger partial charge < -0.3 is 14.8 Å². The second-order valence-electron chi connectivity index (χ2n) is 6.06. The number of nitrogens with zero attached hydrogens (tertiary/aromatic N) is 3. The number of rotatable bonds is 5. The zero-order chi connectivity index (χ0) is 20.4. The third-order valence-corrected chi connectivity index (χ3v) is 4.84. The van der Waals surface area contributed by atoms with Crippen LogP contribution in [0.4, 0.5) is 10.8 Å². The van der Waals surface area contributed by atoms with E-state index in [4.69, 9.17) is 9.47 Å². The topological polar surface area (TPSA) is 126 Å². The number of ether oxygens (including phenoxy) is 2. The molecule has 11 heteroatoms. The minimum absolute atomic E-state index is 0.271. The summed E-state index contributed by atoms with van der Waals surface area (Å²) in [5, 5.41) is 15.6. The highest BCUT2D eigenvalue weighted by Gasteiger charge is 2.15. The number of thiazole rings is 1. The summed E-state index contributed by atoms with van der Waals surface area (Å²) in [5.74, 6) is 0.791. The van der Waals surface area contributed by atoms with Crippen molar-refractivity contribution in [1.29, 1.82) is 0 Å². The van der Waals surface area contributed by atoms with Crippen LogP contribution in [0.15, 0.2) is 46.7 Å². The molecule has 10 nitrogen and oxygen atoms in total. The number of carbonyl (C=O) groups is 1. The number of carbonyl (C=O) groups excluding carboxylic acids is 1. The lowest BCUT2D eigenvalue weighted by Crippen LogP contribution is -2.26. The molecule has 0 bridgehead atoms. The Kier molecular flexibility index (Phi) is 4.96. The maximum absolute atomic E-state index is 12.2. The second-order valence-corrected chi connectivity index (χ2v) is 6.91. The monoisotopic (exact) mass is 414 g/mol. The molecule has 3 aromatic rings. The van der Waals surface area contributed by atoms with Crippen molar-refractivity contribution in [2.24, 2.45) is 0 Å². The van der Waals surface area contributed by atoms with E-state index in [-0.39, 0.29) is 12.2 Å². The van der Waals surface area contributed by atoms with Crippen molar-refractivity contribution in [3.05, 3.63) is 62.4 Å². The molecule has 4 rings (SSSR count). The Morgan fingerprint density at radius 1 is 1.24 bits per heavy atom. The fraction of sp³-hybridized carbons (Fsp3) is 0.167. The molecule has 0 radical (unpaired) electrons. The summed E-state index contributed by atoms with van der Waals surface area (Å²) in [5.41, 5.74) is 0.671. The molecule has 1 aromatic carbocycles. The van der Waals surface area contributed by atoms with Crippen LogP contribution in [-0.2, 0) is 11.3 Å². The molecule has 0 unspecified atom stereocenters. The molecule has 1 amide bonds. The van der Waals surface area contributed by atoms with Crippen LogP contribution in [0.3, 0.4) is 0 Å². The Hall–Kier alpha value is -3.73. The average Bonchev–Trinajstić information content (AvgIpc) is 3.17. The molecule has 1 aliphatic heterocycles. The molecule has 0 spiro atoms. The third-order valence-electron chi connectivity index (χ3n) is 4.08. The maximum atomic E-state index is 12.2. The van der Waals surface area contributed by atoms with Gasteiger partial charge in [0.2, 0.25) is 5.91 Å². The summed E-state index contributed by atoms with van der Waals surface area (Å²) in [6, 6.07) is 7.61. The van der Waals surface area contributed by atoms with Gasteiger partial charge in [0.25, 0.3) is 11.2 Å². The molecule has 0 saturated heterocycles. The van der Waals surface area contributed by atoms with Crippen LogP contribution in [0, 0.1) is 10.1 Å². The molecule has 0 saturated carbocycles. The first-order chi connectivity index (χ1) is 14.0. The minimum Gasteiger partial charge on any atom is -0.486 e. The van der Waals surface area contributed by atoms with Gasteiger partial charge in [-0.15, -0.1) is 11.3 Å². The predicted octanol–water partition coefficient (Wildman–Crippen LogP) is 2.29. The lowest BCUT2D eigenvalue weighted by Gasteiger charge is -2.18. The average molecular weight is 414 g/mol. The molecule has 148 valence electrons. The predicted molar refractivity (Wildman–Crippen MR) is 105 cm³/mol. The Labute approximate surface area is 167 Å². The zero-order valence-corrected chi connectivity index (χ0v) is 15.7. The Bertz CT molecular complexity index is 1160. The third kappa shape index (κ3) is 4.09. The molecule has 0 fully saturated rings. The lowest BCUT2D eigenvalue weighted by molar-refractivity contribution is -0.385. The van der Waals surface area contributed by atoms with E-state index in [1.54, 1.807) is 11.4 Å². The van der Waals surface area contributed by atoms with Crippen molar-refractivity contribution >= 4 is 28.1 Å². The van der Waals surface area contributed by atoms with Gasteiger partial charge in [-0.2, -0.15) is 0 Å². The molecular formula is C18H14N4O6S. The van der Waals surface area contributed by atoms with Gasteiger partial charge in [0.15, 0.2) is 16.6 Å². The van der Waals surface area contributed by atoms with Crippen LogP contribution < -0.4 is 20.3 Å². The van der Waals surface area contributed by atoms with Crippen molar-refractivity contribution in [3.8, 4) is 22.8 Å². The van der Waals surface area contributed by atoms with E-state index in [9.17, 15) is 19.7 Å². The van der Waals surface area contributed by atoms with Gasteiger partial charge in [-0.25, -0.2) is 4.98 Å². The van der Waals surface area contributed by atoms with Crippen LogP contribution in [0.2, 0.25) is 0 Å². The van der Waals surface area contributed by atoms with Crippen molar-refractivity contribution < 1.29 is 19.2 Å². The first-order valence-corrected chi connectivity index (χ1v) is 9.38. The molecular weight excluding hydrogens is 400 g/mol. The van der Waals surface area contributed by atoms with Crippen molar-refractivity contribution in [1.82, 2.24) is 9.55 Å². The van der Waals surface area contributed by atoms with Gasteiger partial charge in [-0.3, -0.25) is 24.3 Å². The second kappa shape index (κ2) is 7.72. The number of nitro groups is 1. The highest BCUT2D eigenvalue weighted by molar-refractivity contribution is 7.14. The van der Waals surface area contributed by atoms with Crippen LogP contribution in [-0.4, -0.2) is 33.6 Å². The van der Waals surface area contributed by atoms with Crippen molar-refractivity contribution in [3.63, 3.8) is 0 Å². The van der Waals surface area contributed by atoms with Gasteiger partial charge in [0.05, 0.1) is 16.8 Å². The quantitative estimate of drug-likeness (QED) is 0.501. The van der Waals surface area contributed by atoms with E-state index in [1.165, 1.54) is 11.3 Å². The summed E-state index contributed by atoms with van der Waals surface area (Å²) in [6.07, 6.45) is 1.03. The van der Waals surface area contributed by atoms with Crippen molar-refractivity contribution in [2.75, 3.05) is 18.5 Å². The largest absolute Gasteiger partial charge is 0.486 e. The molecule has 29 heavy (non-hydrogen) atoms. The lowest BCUT2D eigenvalue weighted by atomic mass is 10.1. The van der Waals surface area contributed by atoms with E-state index in [0.29, 0.717) is 35.5 Å². The van der Waals surface area contributed by atoms with Crippen LogP contribution in [0.1, 0.15) is 0 Å². The zero-order valence-electron chi connectivity index (χ0n) is 14.9. The number of anilines is 1. The van der Waals surface area contributed by atoms with Gasteiger partial charge >= 0.3 is 0 Å². The number of hydrogen-bond acceptors (Lipinski definition) is 8. The number of hydrogen-bond donors (Lipinski definition) is 1. The number of nitrogens with one attached hydrogen (secondary N) is 1. The fourth-order valence-electron chi connectivity index (χ4n) is 2.73. The smallest absolute Gasteiger partial charge is 0.285 e. The van der Waals surface area contributed by atoms with E-state index < -0.39 is 16.4 Å². The highest BCUT2D eigenvalue weighted by Crippen LogP contribution is 2.35. The maximum Gasteiger partial charge on any atom is 0.285 e. The summed E-state index contributed by atoms with van der Waals surface area (Å²) < 4.78 is 12.0. The summed E-state index contributed by atoms with van der Waals surface area (Å²) in [4.78, 5) is 38.6. The van der Waals surface area contributed by atoms with Crippen LogP contribution >= 0.6 is 11.3 Å². The molecule has 0 atom stereocenters. The summed E-state index contributed by atoms with van der Waals surface area (Å²) >= 11 is 1.22. The van der Waals surface area contributed by atoms with Gasteiger partial charge in [0.1, 0.15) is 19.8 Å². The van der Waals surface area contributed by atoms with Gasteiger partial charge in [0, 0.05) is 23.1 Å². The van der Waals surface area contributed by atoms with Gasteiger partial charge in [-0.1, -0.05) is 0 Å². The Morgan fingerprint density at radius 3 is 2.83 bits per heavy atom. The minimum atomic E-state index is -0.631. The highest BCUT2D eigenvalue weighted by atomic mass is 32.1. The molecule has 1 aliphatic rings. The fourth-order valence-corrected chi connectivity index (χ4v) is 3.47. The Morgan fingerprint density at radius 2 is 2.03 bits per heavy atom. The molecule has 3 heterocycles. The van der Waals surface area contributed by atoms with E-state index in [2.05, 4.69) is 10.3 Å². The van der Waals surface area contributed by atoms with E-state index in [0.717, 1.165) is 28.5 Å². The number of benzene rings is 1. The summed E-state index contributed by atoms with van der Waals surface area (Å²) in [6.45, 7) is 0.623. The van der Waals surface area contributed by atoms with Crippen LogP contribution in [0.25, 0.3) is 11.3 Å². The first-order valence-electron chi connectivity index (χ1n) is 8.50. The van der Waals surface area contributed by atoms with E-state index >= 15 is 0 Å². The van der Waals surface area contributed by atoms with Gasteiger partial charge in [-0.05, 0) is 18.2 Å².